The van der Waals surface area contributed by atoms with E-state index >= 15 is 0 Å². The van der Waals surface area contributed by atoms with E-state index in [9.17, 15) is 8.42 Å². The largest absolute Gasteiger partial charge is 0.384 e. The van der Waals surface area contributed by atoms with Crippen LogP contribution in [0.15, 0.2) is 38.5 Å². The van der Waals surface area contributed by atoms with Crippen LogP contribution in [0.25, 0.3) is 0 Å². The maximum absolute atomic E-state index is 12.1. The van der Waals surface area contributed by atoms with Gasteiger partial charge in [-0.05, 0) is 46.1 Å². The maximum atomic E-state index is 12.1. The summed E-state index contributed by atoms with van der Waals surface area (Å²) in [6.45, 7) is 5.07. The van der Waals surface area contributed by atoms with E-state index in [0.29, 0.717) is 11.7 Å². The van der Waals surface area contributed by atoms with Crippen LogP contribution in [-0.4, -0.2) is 19.9 Å². The van der Waals surface area contributed by atoms with Gasteiger partial charge in [0.2, 0.25) is 0 Å². The van der Waals surface area contributed by atoms with Crippen LogP contribution in [0.4, 0.5) is 11.5 Å². The Kier molecular flexibility index (Phi) is 5.23. The zero-order chi connectivity index (χ0) is 15.5. The van der Waals surface area contributed by atoms with Crippen molar-refractivity contribution in [2.24, 2.45) is 5.92 Å². The van der Waals surface area contributed by atoms with Crippen molar-refractivity contribution in [3.8, 4) is 0 Å². The lowest BCUT2D eigenvalue weighted by Gasteiger charge is -2.09. The molecule has 0 aliphatic rings. The van der Waals surface area contributed by atoms with Crippen molar-refractivity contribution < 1.29 is 8.42 Å². The molecule has 2 rings (SSSR count). The Morgan fingerprint density at radius 3 is 2.57 bits per heavy atom. The molecule has 0 bridgehead atoms. The van der Waals surface area contributed by atoms with Crippen LogP contribution in [0.5, 0.6) is 0 Å². The van der Waals surface area contributed by atoms with Crippen molar-refractivity contribution in [1.82, 2.24) is 4.98 Å². The molecule has 0 amide bonds. The van der Waals surface area contributed by atoms with E-state index in [2.05, 4.69) is 44.8 Å². The highest BCUT2D eigenvalue weighted by molar-refractivity contribution is 9.11. The Hall–Kier alpha value is -1.12. The fourth-order valence-electron chi connectivity index (χ4n) is 1.51. The summed E-state index contributed by atoms with van der Waals surface area (Å²) in [7, 11) is -3.58. The minimum Gasteiger partial charge on any atom is -0.384 e. The Morgan fingerprint density at radius 1 is 1.29 bits per heavy atom. The van der Waals surface area contributed by atoms with Crippen molar-refractivity contribution in [3.05, 3.63) is 34.2 Å². The van der Waals surface area contributed by atoms with Crippen LogP contribution >= 0.6 is 27.3 Å². The summed E-state index contributed by atoms with van der Waals surface area (Å²) >= 11 is 4.41. The quantitative estimate of drug-likeness (QED) is 0.788. The molecule has 0 fully saturated rings. The molecule has 21 heavy (non-hydrogen) atoms. The number of nitrogens with zero attached hydrogens (tertiary/aromatic N) is 1. The van der Waals surface area contributed by atoms with Crippen LogP contribution in [0.2, 0.25) is 0 Å². The van der Waals surface area contributed by atoms with E-state index in [0.717, 1.165) is 27.4 Å². The number of hydrogen-bond donors (Lipinski definition) is 2. The van der Waals surface area contributed by atoms with Crippen LogP contribution < -0.4 is 10.0 Å². The number of nitrogens with one attached hydrogen (secondary N) is 2. The molecule has 0 radical (unpaired) electrons. The first-order chi connectivity index (χ1) is 9.87. The van der Waals surface area contributed by atoms with Gasteiger partial charge < -0.3 is 5.32 Å². The second-order valence-electron chi connectivity index (χ2n) is 4.87. The summed E-state index contributed by atoms with van der Waals surface area (Å²) in [6, 6.07) is 6.70. The van der Waals surface area contributed by atoms with Gasteiger partial charge in [0.15, 0.2) is 0 Å². The van der Waals surface area contributed by atoms with E-state index in [1.165, 1.54) is 0 Å². The van der Waals surface area contributed by atoms with Crippen LogP contribution in [0, 0.1) is 5.92 Å². The second-order valence-corrected chi connectivity index (χ2v) is 9.24. The van der Waals surface area contributed by atoms with Gasteiger partial charge in [-0.25, -0.2) is 13.4 Å². The average molecular weight is 390 g/mol. The number of aromatic nitrogens is 1. The van der Waals surface area contributed by atoms with Crippen LogP contribution in [0.1, 0.15) is 13.8 Å². The van der Waals surface area contributed by atoms with Gasteiger partial charge in [0, 0.05) is 6.54 Å². The third kappa shape index (κ3) is 4.69. The summed E-state index contributed by atoms with van der Waals surface area (Å²) in [5.41, 5.74) is 0.866. The van der Waals surface area contributed by atoms with Gasteiger partial charge in [0.05, 0.1) is 15.7 Å². The summed E-state index contributed by atoms with van der Waals surface area (Å²) in [4.78, 5) is 4.11. The summed E-state index contributed by atoms with van der Waals surface area (Å²) in [6.07, 6.45) is 1.62. The average Bonchev–Trinajstić information content (AvgIpc) is 2.85. The lowest BCUT2D eigenvalue weighted by Crippen LogP contribution is -2.13. The topological polar surface area (TPSA) is 71.1 Å². The molecule has 2 N–H and O–H groups in total. The SMILES string of the molecule is CC(C)CNc1ccc(NS(=O)(=O)c2ccc(Br)s2)nc1. The molecule has 2 heterocycles. The lowest BCUT2D eigenvalue weighted by atomic mass is 10.2. The van der Waals surface area contributed by atoms with Crippen molar-refractivity contribution in [2.75, 3.05) is 16.6 Å². The minimum absolute atomic E-state index is 0.248. The molecule has 8 heteroatoms. The first kappa shape index (κ1) is 16.3. The number of anilines is 2. The smallest absolute Gasteiger partial charge is 0.272 e. The van der Waals surface area contributed by atoms with Gasteiger partial charge in [-0.3, -0.25) is 4.72 Å². The highest BCUT2D eigenvalue weighted by Gasteiger charge is 2.17. The summed E-state index contributed by atoms with van der Waals surface area (Å²) in [5.74, 6) is 0.829. The normalized spacial score (nSPS) is 11.6. The zero-order valence-corrected chi connectivity index (χ0v) is 14.8. The molecule has 0 atom stereocenters. The predicted molar refractivity (Wildman–Crippen MR) is 90.4 cm³/mol. The third-order valence-corrected chi connectivity index (χ3v) is 6.00. The maximum Gasteiger partial charge on any atom is 0.272 e. The summed E-state index contributed by atoms with van der Waals surface area (Å²) in [5, 5.41) is 3.23. The van der Waals surface area contributed by atoms with Crippen LogP contribution in [-0.2, 0) is 10.0 Å². The molecule has 0 aliphatic carbocycles. The first-order valence-electron chi connectivity index (χ1n) is 6.35. The molecular formula is C13H16BrN3O2S2. The molecule has 2 aromatic heterocycles. The van der Waals surface area contributed by atoms with Crippen molar-refractivity contribution >= 4 is 48.8 Å². The molecule has 0 aromatic carbocycles. The number of sulfonamides is 1. The van der Waals surface area contributed by atoms with E-state index in [-0.39, 0.29) is 4.21 Å². The molecule has 0 saturated carbocycles. The first-order valence-corrected chi connectivity index (χ1v) is 9.44. The third-order valence-electron chi connectivity index (χ3n) is 2.53. The lowest BCUT2D eigenvalue weighted by molar-refractivity contribution is 0.603. The van der Waals surface area contributed by atoms with Crippen molar-refractivity contribution in [3.63, 3.8) is 0 Å². The molecular weight excluding hydrogens is 374 g/mol. The standard InChI is InChI=1S/C13H16BrN3O2S2/c1-9(2)7-15-10-3-5-12(16-8-10)17-21(18,19)13-6-4-11(14)20-13/h3-6,8-9,15H,7H2,1-2H3,(H,16,17). The van der Waals surface area contributed by atoms with Gasteiger partial charge in [-0.15, -0.1) is 11.3 Å². The van der Waals surface area contributed by atoms with E-state index < -0.39 is 10.0 Å². The fourth-order valence-corrected chi connectivity index (χ4v) is 4.53. The van der Waals surface area contributed by atoms with E-state index in [1.54, 1.807) is 30.5 Å². The number of thiophene rings is 1. The van der Waals surface area contributed by atoms with Gasteiger partial charge in [0.25, 0.3) is 10.0 Å². The van der Waals surface area contributed by atoms with Gasteiger partial charge in [-0.1, -0.05) is 13.8 Å². The molecule has 0 unspecified atom stereocenters. The molecule has 2 aromatic rings. The monoisotopic (exact) mass is 389 g/mol. The Balaban J connectivity index is 2.06. The Bertz CT molecular complexity index is 696. The Labute approximate surface area is 137 Å². The highest BCUT2D eigenvalue weighted by atomic mass is 79.9. The van der Waals surface area contributed by atoms with Crippen molar-refractivity contribution in [2.45, 2.75) is 18.1 Å². The number of rotatable bonds is 6. The minimum atomic E-state index is -3.58. The number of hydrogen-bond acceptors (Lipinski definition) is 5. The van der Waals surface area contributed by atoms with Gasteiger partial charge in [0.1, 0.15) is 10.0 Å². The fraction of sp³-hybridized carbons (Fsp3) is 0.308. The van der Waals surface area contributed by atoms with Gasteiger partial charge >= 0.3 is 0 Å². The predicted octanol–water partition coefficient (Wildman–Crippen LogP) is 3.77. The van der Waals surface area contributed by atoms with Gasteiger partial charge in [-0.2, -0.15) is 0 Å². The zero-order valence-electron chi connectivity index (χ0n) is 11.6. The number of pyridine rings is 1. The Morgan fingerprint density at radius 2 is 2.05 bits per heavy atom. The molecule has 114 valence electrons. The summed E-state index contributed by atoms with van der Waals surface area (Å²) < 4.78 is 27.8. The molecule has 5 nitrogen and oxygen atoms in total. The van der Waals surface area contributed by atoms with Crippen LogP contribution in [0.3, 0.4) is 0 Å². The highest BCUT2D eigenvalue weighted by Crippen LogP contribution is 2.27. The molecule has 0 saturated heterocycles. The number of halogens is 1. The van der Waals surface area contributed by atoms with E-state index in [1.807, 2.05) is 0 Å². The second kappa shape index (κ2) is 6.76. The molecule has 0 aliphatic heterocycles. The molecule has 0 spiro atoms. The van der Waals surface area contributed by atoms with Crippen molar-refractivity contribution in [1.29, 1.82) is 0 Å². The van der Waals surface area contributed by atoms with E-state index in [4.69, 9.17) is 0 Å².